The molecular weight excluding hydrogens is 323 g/mol. The Bertz CT molecular complexity index is 910. The fourth-order valence-electron chi connectivity index (χ4n) is 2.81. The zero-order valence-corrected chi connectivity index (χ0v) is 13.7. The summed E-state index contributed by atoms with van der Waals surface area (Å²) >= 11 is 0. The smallest absolute Gasteiger partial charge is 0.275 e. The summed E-state index contributed by atoms with van der Waals surface area (Å²) in [6, 6.07) is 6.32. The third kappa shape index (κ3) is 3.02. The molecule has 128 valence electrons. The average Bonchev–Trinajstić information content (AvgIpc) is 3.13. The summed E-state index contributed by atoms with van der Waals surface area (Å²) in [6.45, 7) is 0. The standard InChI is InChI=1S/C17H17FN6O/c1-23-14(9-13(21-23)11-3-2-4-11)17(25)20-15-7-8-24(22-15)16-6-5-12(18)10-19-16/h5-11H,2-4H2,1H3,(H,20,22,25). The second-order valence-electron chi connectivity index (χ2n) is 6.14. The van der Waals surface area contributed by atoms with E-state index in [0.29, 0.717) is 23.2 Å². The highest BCUT2D eigenvalue weighted by molar-refractivity contribution is 6.02. The van der Waals surface area contributed by atoms with Crippen LogP contribution in [-0.2, 0) is 7.05 Å². The van der Waals surface area contributed by atoms with Crippen molar-refractivity contribution in [2.45, 2.75) is 25.2 Å². The van der Waals surface area contributed by atoms with Crippen molar-refractivity contribution in [1.29, 1.82) is 0 Å². The van der Waals surface area contributed by atoms with Gasteiger partial charge in [-0.3, -0.25) is 9.48 Å². The maximum atomic E-state index is 12.9. The van der Waals surface area contributed by atoms with Crippen LogP contribution in [-0.4, -0.2) is 30.5 Å². The van der Waals surface area contributed by atoms with E-state index in [4.69, 9.17) is 0 Å². The summed E-state index contributed by atoms with van der Waals surface area (Å²) < 4.78 is 16.0. The highest BCUT2D eigenvalue weighted by atomic mass is 19.1. The molecule has 1 saturated carbocycles. The Morgan fingerprint density at radius 2 is 2.12 bits per heavy atom. The minimum atomic E-state index is -0.414. The molecule has 0 radical (unpaired) electrons. The number of aryl methyl sites for hydroxylation is 1. The van der Waals surface area contributed by atoms with Crippen LogP contribution in [0.25, 0.3) is 5.82 Å². The topological polar surface area (TPSA) is 77.6 Å². The van der Waals surface area contributed by atoms with Gasteiger partial charge in [0.25, 0.3) is 5.91 Å². The second kappa shape index (κ2) is 6.12. The number of hydrogen-bond acceptors (Lipinski definition) is 4. The molecule has 1 aliphatic rings. The van der Waals surface area contributed by atoms with Crippen LogP contribution < -0.4 is 5.32 Å². The Morgan fingerprint density at radius 3 is 2.80 bits per heavy atom. The van der Waals surface area contributed by atoms with Gasteiger partial charge in [-0.15, -0.1) is 5.10 Å². The largest absolute Gasteiger partial charge is 0.304 e. The normalized spacial score (nSPS) is 14.3. The number of carbonyl (C=O) groups is 1. The fourth-order valence-corrected chi connectivity index (χ4v) is 2.81. The summed E-state index contributed by atoms with van der Waals surface area (Å²) in [6.07, 6.45) is 6.25. The summed E-state index contributed by atoms with van der Waals surface area (Å²) in [5, 5.41) is 11.4. The first-order valence-corrected chi connectivity index (χ1v) is 8.13. The Balaban J connectivity index is 1.49. The molecule has 3 heterocycles. The molecule has 3 aromatic rings. The Labute approximate surface area is 143 Å². The number of carbonyl (C=O) groups excluding carboxylic acids is 1. The third-order valence-electron chi connectivity index (χ3n) is 4.43. The molecule has 4 rings (SSSR count). The zero-order chi connectivity index (χ0) is 17.4. The van der Waals surface area contributed by atoms with Crippen LogP contribution in [0.2, 0.25) is 0 Å². The Morgan fingerprint density at radius 1 is 1.28 bits per heavy atom. The SMILES string of the molecule is Cn1nc(C2CCC2)cc1C(=O)Nc1ccn(-c2ccc(F)cn2)n1. The summed E-state index contributed by atoms with van der Waals surface area (Å²) in [5.41, 5.74) is 1.47. The van der Waals surface area contributed by atoms with Gasteiger partial charge in [-0.05, 0) is 31.0 Å². The number of pyridine rings is 1. The van der Waals surface area contributed by atoms with Crippen molar-refractivity contribution in [2.24, 2.45) is 7.05 Å². The van der Waals surface area contributed by atoms with Gasteiger partial charge >= 0.3 is 0 Å². The van der Waals surface area contributed by atoms with Crippen LogP contribution >= 0.6 is 0 Å². The van der Waals surface area contributed by atoms with E-state index >= 15 is 0 Å². The Kier molecular flexibility index (Phi) is 3.79. The number of hydrogen-bond donors (Lipinski definition) is 1. The molecule has 25 heavy (non-hydrogen) atoms. The van der Waals surface area contributed by atoms with Crippen molar-refractivity contribution in [3.05, 3.63) is 53.9 Å². The van der Waals surface area contributed by atoms with E-state index in [1.165, 1.54) is 23.2 Å². The molecule has 0 unspecified atom stereocenters. The first-order chi connectivity index (χ1) is 12.1. The van der Waals surface area contributed by atoms with Gasteiger partial charge in [0.15, 0.2) is 11.6 Å². The lowest BCUT2D eigenvalue weighted by molar-refractivity contribution is 0.101. The van der Waals surface area contributed by atoms with Gasteiger partial charge in [0.05, 0.1) is 11.9 Å². The fraction of sp³-hybridized carbons (Fsp3) is 0.294. The zero-order valence-electron chi connectivity index (χ0n) is 13.7. The maximum Gasteiger partial charge on any atom is 0.275 e. The minimum Gasteiger partial charge on any atom is -0.304 e. The monoisotopic (exact) mass is 340 g/mol. The molecule has 7 nitrogen and oxygen atoms in total. The molecule has 0 spiro atoms. The molecule has 1 fully saturated rings. The summed E-state index contributed by atoms with van der Waals surface area (Å²) in [4.78, 5) is 16.4. The van der Waals surface area contributed by atoms with Gasteiger partial charge in [-0.25, -0.2) is 14.1 Å². The van der Waals surface area contributed by atoms with E-state index in [0.717, 1.165) is 24.7 Å². The van der Waals surface area contributed by atoms with Crippen molar-refractivity contribution in [3.8, 4) is 5.82 Å². The molecule has 0 bridgehead atoms. The van der Waals surface area contributed by atoms with Crippen LogP contribution in [0.15, 0.2) is 36.7 Å². The lowest BCUT2D eigenvalue weighted by atomic mass is 9.83. The van der Waals surface area contributed by atoms with E-state index in [2.05, 4.69) is 20.5 Å². The second-order valence-corrected chi connectivity index (χ2v) is 6.14. The van der Waals surface area contributed by atoms with Crippen molar-refractivity contribution < 1.29 is 9.18 Å². The number of halogens is 1. The molecular formula is C17H17FN6O. The highest BCUT2D eigenvalue weighted by Crippen LogP contribution is 2.35. The van der Waals surface area contributed by atoms with Crippen LogP contribution in [0, 0.1) is 5.82 Å². The molecule has 8 heteroatoms. The van der Waals surface area contributed by atoms with Crippen molar-refractivity contribution >= 4 is 11.7 Å². The number of nitrogens with one attached hydrogen (secondary N) is 1. The van der Waals surface area contributed by atoms with Crippen molar-refractivity contribution in [2.75, 3.05) is 5.32 Å². The molecule has 1 N–H and O–H groups in total. The maximum absolute atomic E-state index is 12.9. The average molecular weight is 340 g/mol. The first-order valence-electron chi connectivity index (χ1n) is 8.13. The number of rotatable bonds is 4. The van der Waals surface area contributed by atoms with Crippen molar-refractivity contribution in [1.82, 2.24) is 24.5 Å². The predicted molar refractivity (Wildman–Crippen MR) is 89.1 cm³/mol. The van der Waals surface area contributed by atoms with Gasteiger partial charge in [-0.2, -0.15) is 5.10 Å². The van der Waals surface area contributed by atoms with Gasteiger partial charge in [-0.1, -0.05) is 6.42 Å². The quantitative estimate of drug-likeness (QED) is 0.792. The molecule has 0 aliphatic heterocycles. The third-order valence-corrected chi connectivity index (χ3v) is 4.43. The van der Waals surface area contributed by atoms with Crippen LogP contribution in [0.5, 0.6) is 0 Å². The summed E-state index contributed by atoms with van der Waals surface area (Å²) in [5.74, 6) is 0.648. The van der Waals surface area contributed by atoms with Crippen LogP contribution in [0.3, 0.4) is 0 Å². The number of nitrogens with zero attached hydrogens (tertiary/aromatic N) is 5. The number of aromatic nitrogens is 5. The predicted octanol–water partition coefficient (Wildman–Crippen LogP) is 2.66. The molecule has 0 atom stereocenters. The lowest BCUT2D eigenvalue weighted by Crippen LogP contribution is -2.16. The van der Waals surface area contributed by atoms with Crippen LogP contribution in [0.1, 0.15) is 41.4 Å². The molecule has 1 aliphatic carbocycles. The molecule has 3 aromatic heterocycles. The van der Waals surface area contributed by atoms with E-state index < -0.39 is 5.82 Å². The molecule has 0 saturated heterocycles. The lowest BCUT2D eigenvalue weighted by Gasteiger charge is -2.22. The van der Waals surface area contributed by atoms with Crippen LogP contribution in [0.4, 0.5) is 10.2 Å². The van der Waals surface area contributed by atoms with Gasteiger partial charge in [0.1, 0.15) is 11.5 Å². The van der Waals surface area contributed by atoms with E-state index in [1.54, 1.807) is 24.0 Å². The molecule has 1 amide bonds. The summed E-state index contributed by atoms with van der Waals surface area (Å²) in [7, 11) is 1.76. The van der Waals surface area contributed by atoms with Gasteiger partial charge in [0.2, 0.25) is 0 Å². The van der Waals surface area contributed by atoms with E-state index in [-0.39, 0.29) is 5.91 Å². The number of anilines is 1. The highest BCUT2D eigenvalue weighted by Gasteiger charge is 2.24. The number of amides is 1. The van der Waals surface area contributed by atoms with Gasteiger partial charge in [0, 0.05) is 25.2 Å². The minimum absolute atomic E-state index is 0.266. The first kappa shape index (κ1) is 15.5. The van der Waals surface area contributed by atoms with E-state index in [9.17, 15) is 9.18 Å². The van der Waals surface area contributed by atoms with Gasteiger partial charge < -0.3 is 5.32 Å². The van der Waals surface area contributed by atoms with Crippen molar-refractivity contribution in [3.63, 3.8) is 0 Å². The molecule has 0 aromatic carbocycles. The Hall–Kier alpha value is -3.03. The van der Waals surface area contributed by atoms with E-state index in [1.807, 2.05) is 6.07 Å².